The molecule has 0 saturated carbocycles. The zero-order valence-electron chi connectivity index (χ0n) is 6.78. The van der Waals surface area contributed by atoms with Crippen molar-refractivity contribution >= 4 is 0 Å². The molecule has 2 atom stereocenters. The van der Waals surface area contributed by atoms with Crippen molar-refractivity contribution < 1.29 is 0 Å². The van der Waals surface area contributed by atoms with Crippen LogP contribution in [0.5, 0.6) is 0 Å². The number of nitrogens with one attached hydrogen (secondary N) is 1. The van der Waals surface area contributed by atoms with Crippen LogP contribution in [-0.2, 0) is 7.05 Å². The summed E-state index contributed by atoms with van der Waals surface area (Å²) in [6.07, 6.45) is 1.75. The van der Waals surface area contributed by atoms with Crippen molar-refractivity contribution in [1.29, 1.82) is 0 Å². The molecule has 1 aliphatic rings. The molecule has 4 nitrogen and oxygen atoms in total. The Morgan fingerprint density at radius 2 is 2.55 bits per heavy atom. The molecule has 2 heterocycles. The fourth-order valence-corrected chi connectivity index (χ4v) is 1.41. The van der Waals surface area contributed by atoms with Crippen molar-refractivity contribution in [3.05, 3.63) is 12.2 Å². The van der Waals surface area contributed by atoms with Crippen LogP contribution in [0.3, 0.4) is 0 Å². The van der Waals surface area contributed by atoms with Gasteiger partial charge in [-0.25, -0.2) is 0 Å². The van der Waals surface area contributed by atoms with E-state index >= 15 is 0 Å². The third kappa shape index (κ3) is 0.939. The molecule has 0 unspecified atom stereocenters. The fourth-order valence-electron chi connectivity index (χ4n) is 1.41. The quantitative estimate of drug-likeness (QED) is 0.610. The van der Waals surface area contributed by atoms with Crippen LogP contribution in [-0.4, -0.2) is 27.4 Å². The number of rotatable bonds is 1. The van der Waals surface area contributed by atoms with Gasteiger partial charge in [-0.3, -0.25) is 0 Å². The first kappa shape index (κ1) is 6.79. The van der Waals surface area contributed by atoms with E-state index in [-0.39, 0.29) is 0 Å². The van der Waals surface area contributed by atoms with Crippen molar-refractivity contribution in [2.75, 3.05) is 6.54 Å². The first-order valence-corrected chi connectivity index (χ1v) is 3.86. The van der Waals surface area contributed by atoms with Gasteiger partial charge in [0.25, 0.3) is 0 Å². The minimum Gasteiger partial charge on any atom is -0.320 e. The average Bonchev–Trinajstić information content (AvgIpc) is 2.34. The first-order valence-electron chi connectivity index (χ1n) is 3.86. The summed E-state index contributed by atoms with van der Waals surface area (Å²) in [6, 6.07) is 0.554. The van der Waals surface area contributed by atoms with Gasteiger partial charge in [-0.1, -0.05) is 0 Å². The predicted octanol–water partition coefficient (Wildman–Crippen LogP) is -0.110. The molecule has 0 aromatic carbocycles. The Morgan fingerprint density at radius 1 is 1.73 bits per heavy atom. The molecule has 0 bridgehead atoms. The lowest BCUT2D eigenvalue weighted by molar-refractivity contribution is 0.316. The second-order valence-corrected chi connectivity index (χ2v) is 3.10. The van der Waals surface area contributed by atoms with E-state index in [2.05, 4.69) is 22.4 Å². The number of hydrogen-bond donors (Lipinski definition) is 1. The molecule has 0 amide bonds. The van der Waals surface area contributed by atoms with E-state index in [0.29, 0.717) is 12.0 Å². The molecular formula is C7H12N4. The van der Waals surface area contributed by atoms with E-state index in [1.54, 1.807) is 6.33 Å². The smallest absolute Gasteiger partial charge is 0.138 e. The topological polar surface area (TPSA) is 42.7 Å². The Labute approximate surface area is 65.6 Å². The van der Waals surface area contributed by atoms with Gasteiger partial charge >= 0.3 is 0 Å². The van der Waals surface area contributed by atoms with Gasteiger partial charge < -0.3 is 9.88 Å². The highest BCUT2D eigenvalue weighted by molar-refractivity contribution is 5.07. The van der Waals surface area contributed by atoms with Crippen LogP contribution in [0.4, 0.5) is 0 Å². The van der Waals surface area contributed by atoms with Gasteiger partial charge in [-0.15, -0.1) is 10.2 Å². The summed E-state index contributed by atoms with van der Waals surface area (Å²) in [5.41, 5.74) is 0. The highest BCUT2D eigenvalue weighted by Gasteiger charge is 2.30. The van der Waals surface area contributed by atoms with Crippen molar-refractivity contribution in [2.45, 2.75) is 18.9 Å². The Balaban J connectivity index is 2.22. The van der Waals surface area contributed by atoms with Crippen molar-refractivity contribution in [1.82, 2.24) is 20.1 Å². The second-order valence-electron chi connectivity index (χ2n) is 3.10. The van der Waals surface area contributed by atoms with E-state index in [0.717, 1.165) is 12.4 Å². The van der Waals surface area contributed by atoms with E-state index in [9.17, 15) is 0 Å². The summed E-state index contributed by atoms with van der Waals surface area (Å²) in [6.45, 7) is 3.20. The first-order chi connectivity index (χ1) is 5.29. The molecule has 11 heavy (non-hydrogen) atoms. The van der Waals surface area contributed by atoms with Crippen LogP contribution in [0.15, 0.2) is 6.33 Å². The number of aryl methyl sites for hydroxylation is 1. The lowest BCUT2D eigenvalue weighted by Crippen LogP contribution is -2.49. The zero-order chi connectivity index (χ0) is 7.84. The molecule has 1 N–H and O–H groups in total. The van der Waals surface area contributed by atoms with Gasteiger partial charge in [0.2, 0.25) is 0 Å². The van der Waals surface area contributed by atoms with E-state index < -0.39 is 0 Å². The average molecular weight is 152 g/mol. The Kier molecular flexibility index (Phi) is 1.42. The normalized spacial score (nSPS) is 30.0. The van der Waals surface area contributed by atoms with E-state index in [1.165, 1.54) is 0 Å². The molecule has 0 spiro atoms. The highest BCUT2D eigenvalue weighted by atomic mass is 15.3. The highest BCUT2D eigenvalue weighted by Crippen LogP contribution is 2.22. The summed E-state index contributed by atoms with van der Waals surface area (Å²) >= 11 is 0. The third-order valence-electron chi connectivity index (χ3n) is 2.34. The molecule has 0 aliphatic carbocycles. The largest absolute Gasteiger partial charge is 0.320 e. The minimum atomic E-state index is 0.554. The van der Waals surface area contributed by atoms with Gasteiger partial charge in [-0.2, -0.15) is 0 Å². The van der Waals surface area contributed by atoms with Crippen molar-refractivity contribution in [3.63, 3.8) is 0 Å². The summed E-state index contributed by atoms with van der Waals surface area (Å²) in [7, 11) is 1.99. The van der Waals surface area contributed by atoms with Crippen LogP contribution in [0, 0.1) is 0 Å². The molecule has 4 heteroatoms. The molecule has 1 fully saturated rings. The van der Waals surface area contributed by atoms with E-state index in [1.807, 2.05) is 11.6 Å². The van der Waals surface area contributed by atoms with Crippen LogP contribution in [0.1, 0.15) is 18.7 Å². The maximum Gasteiger partial charge on any atom is 0.138 e. The zero-order valence-corrected chi connectivity index (χ0v) is 6.78. The van der Waals surface area contributed by atoms with Crippen LogP contribution >= 0.6 is 0 Å². The maximum absolute atomic E-state index is 4.06. The monoisotopic (exact) mass is 152 g/mol. The van der Waals surface area contributed by atoms with Gasteiger partial charge in [-0.05, 0) is 6.92 Å². The predicted molar refractivity (Wildman–Crippen MR) is 41.2 cm³/mol. The van der Waals surface area contributed by atoms with Gasteiger partial charge in [0.1, 0.15) is 12.2 Å². The van der Waals surface area contributed by atoms with Gasteiger partial charge in [0.15, 0.2) is 0 Å². The summed E-state index contributed by atoms with van der Waals surface area (Å²) in [5.74, 6) is 1.65. The SMILES string of the molecule is C[C@@H]1NC[C@H]1c1nncn1C. The van der Waals surface area contributed by atoms with Crippen LogP contribution in [0.2, 0.25) is 0 Å². The lowest BCUT2D eigenvalue weighted by atomic mass is 9.92. The maximum atomic E-state index is 4.06. The molecule has 1 saturated heterocycles. The summed E-state index contributed by atoms with van der Waals surface area (Å²) in [4.78, 5) is 0. The molecule has 2 rings (SSSR count). The molecule has 1 aromatic heterocycles. The summed E-state index contributed by atoms with van der Waals surface area (Å²) in [5, 5.41) is 11.2. The number of aromatic nitrogens is 3. The van der Waals surface area contributed by atoms with Crippen LogP contribution < -0.4 is 5.32 Å². The second kappa shape index (κ2) is 2.30. The standard InChI is InChI=1S/C7H12N4/c1-5-6(3-8-5)7-10-9-4-11(7)2/h4-6,8H,3H2,1-2H3/t5-,6+/m0/s1. The van der Waals surface area contributed by atoms with Crippen molar-refractivity contribution in [3.8, 4) is 0 Å². The Hall–Kier alpha value is -0.900. The van der Waals surface area contributed by atoms with Crippen LogP contribution in [0.25, 0.3) is 0 Å². The molecule has 1 aliphatic heterocycles. The lowest BCUT2D eigenvalue weighted by Gasteiger charge is -2.34. The Morgan fingerprint density at radius 3 is 2.91 bits per heavy atom. The van der Waals surface area contributed by atoms with E-state index in [4.69, 9.17) is 0 Å². The molecule has 1 aromatic rings. The molecule has 0 radical (unpaired) electrons. The van der Waals surface area contributed by atoms with Gasteiger partial charge in [0.05, 0.1) is 0 Å². The van der Waals surface area contributed by atoms with Crippen molar-refractivity contribution in [2.24, 2.45) is 7.05 Å². The number of hydrogen-bond acceptors (Lipinski definition) is 3. The number of nitrogens with zero attached hydrogens (tertiary/aromatic N) is 3. The van der Waals surface area contributed by atoms with Gasteiger partial charge in [0, 0.05) is 25.6 Å². The summed E-state index contributed by atoms with van der Waals surface area (Å²) < 4.78 is 1.99. The Bertz CT molecular complexity index is 255. The molecular weight excluding hydrogens is 140 g/mol. The minimum absolute atomic E-state index is 0.554. The molecule has 60 valence electrons. The fraction of sp³-hybridized carbons (Fsp3) is 0.714. The third-order valence-corrected chi connectivity index (χ3v) is 2.34.